The number of carbonyl (C=O) groups is 1. The van der Waals surface area contributed by atoms with Gasteiger partial charge in [0.05, 0.1) is 17.1 Å². The molecule has 0 radical (unpaired) electrons. The molecule has 1 heterocycles. The van der Waals surface area contributed by atoms with Crippen LogP contribution >= 0.6 is 11.6 Å². The van der Waals surface area contributed by atoms with Crippen molar-refractivity contribution in [3.05, 3.63) is 83.4 Å². The molecule has 0 amide bonds. The molecule has 0 spiro atoms. The summed E-state index contributed by atoms with van der Waals surface area (Å²) in [6.07, 6.45) is 5.44. The number of aliphatic hydroxyl groups is 1. The van der Waals surface area contributed by atoms with Crippen LogP contribution in [0.1, 0.15) is 37.7 Å². The zero-order valence-electron chi connectivity index (χ0n) is 20.8. The predicted molar refractivity (Wildman–Crippen MR) is 146 cm³/mol. The van der Waals surface area contributed by atoms with E-state index >= 15 is 0 Å². The van der Waals surface area contributed by atoms with E-state index in [4.69, 9.17) is 26.2 Å². The molecule has 0 aliphatic rings. The normalized spacial score (nSPS) is 10.9. The maximum absolute atomic E-state index is 13.4. The number of Topliss-reactive ketones (excluding diaryl/α,β-unsaturated/α-hetero) is 1. The fourth-order valence-electron chi connectivity index (χ4n) is 3.89. The lowest BCUT2D eigenvalue weighted by Gasteiger charge is -2.13. The van der Waals surface area contributed by atoms with E-state index in [1.54, 1.807) is 24.3 Å². The molecule has 0 fully saturated rings. The summed E-state index contributed by atoms with van der Waals surface area (Å²) in [7, 11) is 0. The van der Waals surface area contributed by atoms with Crippen molar-refractivity contribution >= 4 is 39.8 Å². The average Bonchev–Trinajstić information content (AvgIpc) is 2.92. The third kappa shape index (κ3) is 7.87. The van der Waals surface area contributed by atoms with Gasteiger partial charge in [0.1, 0.15) is 42.7 Å². The molecule has 38 heavy (non-hydrogen) atoms. The number of anilines is 2. The van der Waals surface area contributed by atoms with Crippen molar-refractivity contribution in [1.29, 1.82) is 0 Å². The van der Waals surface area contributed by atoms with Crippen LogP contribution in [0, 0.1) is 5.82 Å². The van der Waals surface area contributed by atoms with Gasteiger partial charge in [-0.15, -0.1) is 0 Å². The summed E-state index contributed by atoms with van der Waals surface area (Å²) < 4.78 is 25.1. The Morgan fingerprint density at radius 3 is 2.66 bits per heavy atom. The van der Waals surface area contributed by atoms with Gasteiger partial charge in [0.2, 0.25) is 0 Å². The number of benzene rings is 3. The molecule has 9 heteroatoms. The van der Waals surface area contributed by atoms with Crippen LogP contribution < -0.4 is 14.8 Å². The molecule has 0 bridgehead atoms. The summed E-state index contributed by atoms with van der Waals surface area (Å²) in [4.78, 5) is 19.9. The van der Waals surface area contributed by atoms with Crippen molar-refractivity contribution in [3.8, 4) is 11.5 Å². The minimum absolute atomic E-state index is 0.114. The minimum Gasteiger partial charge on any atom is -0.494 e. The number of ether oxygens (including phenoxy) is 2. The minimum atomic E-state index is -0.379. The Morgan fingerprint density at radius 1 is 0.974 bits per heavy atom. The van der Waals surface area contributed by atoms with Crippen LogP contribution in [0.25, 0.3) is 10.9 Å². The van der Waals surface area contributed by atoms with Crippen LogP contribution in [0.4, 0.5) is 15.9 Å². The lowest BCUT2D eigenvalue weighted by Crippen LogP contribution is -2.03. The van der Waals surface area contributed by atoms with Gasteiger partial charge in [0, 0.05) is 17.5 Å². The Bertz CT molecular complexity index is 1390. The lowest BCUT2D eigenvalue weighted by atomic mass is 10.1. The fourth-order valence-corrected chi connectivity index (χ4v) is 4.13. The van der Waals surface area contributed by atoms with Crippen molar-refractivity contribution in [3.63, 3.8) is 0 Å². The molecule has 4 rings (SSSR count). The highest BCUT2D eigenvalue weighted by Gasteiger charge is 2.09. The quantitative estimate of drug-likeness (QED) is 0.174. The Balaban J connectivity index is 1.35. The van der Waals surface area contributed by atoms with Crippen molar-refractivity contribution < 1.29 is 23.8 Å². The van der Waals surface area contributed by atoms with Crippen molar-refractivity contribution in [2.24, 2.45) is 0 Å². The van der Waals surface area contributed by atoms with Gasteiger partial charge in [0.25, 0.3) is 0 Å². The predicted octanol–water partition coefficient (Wildman–Crippen LogP) is 6.64. The molecule has 3 aromatic carbocycles. The number of hydrogen-bond acceptors (Lipinski definition) is 7. The van der Waals surface area contributed by atoms with E-state index in [1.807, 2.05) is 24.3 Å². The summed E-state index contributed by atoms with van der Waals surface area (Å²) in [5.74, 6) is 1.39. The number of ketones is 1. The fraction of sp³-hybridized carbons (Fsp3) is 0.276. The number of unbranched alkanes of at least 4 members (excludes halogenated alkanes) is 3. The first-order valence-electron chi connectivity index (χ1n) is 12.5. The van der Waals surface area contributed by atoms with E-state index in [9.17, 15) is 9.18 Å². The van der Waals surface area contributed by atoms with Gasteiger partial charge < -0.3 is 19.9 Å². The van der Waals surface area contributed by atoms with Gasteiger partial charge >= 0.3 is 0 Å². The van der Waals surface area contributed by atoms with Crippen LogP contribution in [0.3, 0.4) is 0 Å². The average molecular weight is 538 g/mol. The molecule has 198 valence electrons. The van der Waals surface area contributed by atoms with E-state index in [1.165, 1.54) is 18.5 Å². The zero-order chi connectivity index (χ0) is 26.7. The molecule has 0 aliphatic heterocycles. The molecule has 0 aliphatic carbocycles. The number of rotatable bonds is 14. The number of nitrogens with one attached hydrogen (secondary N) is 1. The third-order valence-corrected chi connectivity index (χ3v) is 6.18. The first-order chi connectivity index (χ1) is 18.5. The number of aliphatic hydroxyl groups excluding tert-OH is 1. The van der Waals surface area contributed by atoms with Crippen LogP contribution in [-0.4, -0.2) is 34.1 Å². The SMILES string of the molecule is O=C(CO)CCCCCCOc1ccc2ncnc(Nc3ccc(OCc4cccc(F)c4)c(Cl)c3)c2c1. The third-order valence-electron chi connectivity index (χ3n) is 5.88. The number of halogens is 2. The van der Waals surface area contributed by atoms with Gasteiger partial charge in [-0.05, 0) is 66.9 Å². The first-order valence-corrected chi connectivity index (χ1v) is 12.8. The molecule has 0 unspecified atom stereocenters. The standard InChI is InChI=1S/C29H29ClFN3O4/c30-26-15-22(9-12-28(26)38-18-20-6-5-7-21(31)14-20)34-29-25-16-24(10-11-27(25)32-19-33-29)37-13-4-2-1-3-8-23(36)17-35/h5-7,9-12,14-16,19,35H,1-4,8,13,17-18H2,(H,32,33,34). The van der Waals surface area contributed by atoms with Crippen LogP contribution in [-0.2, 0) is 11.4 Å². The summed E-state index contributed by atoms with van der Waals surface area (Å²) in [6, 6.07) is 17.2. The van der Waals surface area contributed by atoms with Gasteiger partial charge in [-0.25, -0.2) is 14.4 Å². The number of hydrogen-bond donors (Lipinski definition) is 2. The number of fused-ring (bicyclic) bond motifs is 1. The van der Waals surface area contributed by atoms with Crippen molar-refractivity contribution in [1.82, 2.24) is 9.97 Å². The van der Waals surface area contributed by atoms with Crippen LogP contribution in [0.15, 0.2) is 67.0 Å². The molecular weight excluding hydrogens is 509 g/mol. The van der Waals surface area contributed by atoms with Gasteiger partial charge in [0.15, 0.2) is 5.78 Å². The molecule has 7 nitrogen and oxygen atoms in total. The van der Waals surface area contributed by atoms with E-state index in [-0.39, 0.29) is 24.8 Å². The number of aromatic nitrogens is 2. The van der Waals surface area contributed by atoms with E-state index in [0.717, 1.165) is 42.3 Å². The summed E-state index contributed by atoms with van der Waals surface area (Å²) in [6.45, 7) is 0.381. The topological polar surface area (TPSA) is 93.6 Å². The number of carbonyl (C=O) groups excluding carboxylic acids is 1. The molecule has 0 saturated carbocycles. The molecule has 0 saturated heterocycles. The Kier molecular flexibility index (Phi) is 9.84. The van der Waals surface area contributed by atoms with Gasteiger partial charge in [-0.2, -0.15) is 0 Å². The highest BCUT2D eigenvalue weighted by Crippen LogP contribution is 2.32. The highest BCUT2D eigenvalue weighted by molar-refractivity contribution is 6.32. The number of nitrogens with zero attached hydrogens (tertiary/aromatic N) is 2. The van der Waals surface area contributed by atoms with Crippen LogP contribution in [0.5, 0.6) is 11.5 Å². The van der Waals surface area contributed by atoms with Gasteiger partial charge in [-0.1, -0.05) is 36.6 Å². The molecule has 0 atom stereocenters. The summed E-state index contributed by atoms with van der Waals surface area (Å²) >= 11 is 6.44. The Labute approximate surface area is 225 Å². The molecular formula is C29H29ClFN3O4. The Morgan fingerprint density at radius 2 is 1.84 bits per heavy atom. The van der Waals surface area contributed by atoms with Gasteiger partial charge in [-0.3, -0.25) is 4.79 Å². The second-order valence-corrected chi connectivity index (χ2v) is 9.21. The second-order valence-electron chi connectivity index (χ2n) is 8.80. The van der Waals surface area contributed by atoms with E-state index in [2.05, 4.69) is 15.3 Å². The van der Waals surface area contributed by atoms with E-state index < -0.39 is 0 Å². The first kappa shape index (κ1) is 27.3. The molecule has 1 aromatic heterocycles. The second kappa shape index (κ2) is 13.7. The van der Waals surface area contributed by atoms with Crippen LogP contribution in [0.2, 0.25) is 5.02 Å². The largest absolute Gasteiger partial charge is 0.494 e. The monoisotopic (exact) mass is 537 g/mol. The maximum Gasteiger partial charge on any atom is 0.158 e. The lowest BCUT2D eigenvalue weighted by molar-refractivity contribution is -0.121. The highest BCUT2D eigenvalue weighted by atomic mass is 35.5. The van der Waals surface area contributed by atoms with Crippen molar-refractivity contribution in [2.45, 2.75) is 38.7 Å². The van der Waals surface area contributed by atoms with E-state index in [0.29, 0.717) is 40.9 Å². The smallest absolute Gasteiger partial charge is 0.158 e. The zero-order valence-corrected chi connectivity index (χ0v) is 21.6. The van der Waals surface area contributed by atoms with Crippen molar-refractivity contribution in [2.75, 3.05) is 18.5 Å². The Hall–Kier alpha value is -3.75. The molecule has 2 N–H and O–H groups in total. The molecule has 4 aromatic rings. The summed E-state index contributed by atoms with van der Waals surface area (Å²) in [5, 5.41) is 13.3. The summed E-state index contributed by atoms with van der Waals surface area (Å²) in [5.41, 5.74) is 2.20. The maximum atomic E-state index is 13.4.